The van der Waals surface area contributed by atoms with Gasteiger partial charge in [0, 0.05) is 17.9 Å². The fourth-order valence-corrected chi connectivity index (χ4v) is 5.47. The number of carbonyl (C=O) groups excluding carboxylic acids is 1. The molecule has 1 saturated heterocycles. The molecule has 5 heteroatoms. The highest BCUT2D eigenvalue weighted by atomic mass is 32.2. The average molecular weight is 451 g/mol. The van der Waals surface area contributed by atoms with Crippen LogP contribution in [0.4, 0.5) is 0 Å². The molecule has 0 spiro atoms. The summed E-state index contributed by atoms with van der Waals surface area (Å²) in [6, 6.07) is 1.87. The highest BCUT2D eigenvalue weighted by Crippen LogP contribution is 2.32. The molecule has 2 atom stereocenters. The van der Waals surface area contributed by atoms with Crippen LogP contribution in [-0.2, 0) is 4.79 Å². The van der Waals surface area contributed by atoms with Gasteiger partial charge in [-0.05, 0) is 12.5 Å². The Balaban J connectivity index is 1.30. The monoisotopic (exact) mass is 450 g/mol. The van der Waals surface area contributed by atoms with Gasteiger partial charge in [-0.1, -0.05) is 103 Å². The van der Waals surface area contributed by atoms with Gasteiger partial charge in [-0.25, -0.2) is 0 Å². The van der Waals surface area contributed by atoms with Crippen molar-refractivity contribution < 1.29 is 9.21 Å². The van der Waals surface area contributed by atoms with Crippen molar-refractivity contribution in [2.75, 3.05) is 12.3 Å². The van der Waals surface area contributed by atoms with Crippen LogP contribution in [0.15, 0.2) is 23.0 Å². The molecule has 2 heterocycles. The molecule has 1 aliphatic rings. The minimum Gasteiger partial charge on any atom is -0.472 e. The van der Waals surface area contributed by atoms with Crippen molar-refractivity contribution in [3.05, 3.63) is 24.2 Å². The molecule has 0 bridgehead atoms. The van der Waals surface area contributed by atoms with Crippen molar-refractivity contribution in [1.82, 2.24) is 10.6 Å². The smallest absolute Gasteiger partial charge is 0.238 e. The Kier molecular flexibility index (Phi) is 14.9. The van der Waals surface area contributed by atoms with Crippen molar-refractivity contribution >= 4 is 17.7 Å². The molecule has 1 aromatic heterocycles. The van der Waals surface area contributed by atoms with Crippen LogP contribution in [-0.4, -0.2) is 24.2 Å². The van der Waals surface area contributed by atoms with Gasteiger partial charge in [-0.15, -0.1) is 11.8 Å². The third-order valence-corrected chi connectivity index (χ3v) is 7.54. The first-order valence-electron chi connectivity index (χ1n) is 13.0. The highest BCUT2D eigenvalue weighted by molar-refractivity contribution is 7.99. The summed E-state index contributed by atoms with van der Waals surface area (Å²) in [5.74, 6) is 0.958. The number of hydrogen-bond acceptors (Lipinski definition) is 4. The van der Waals surface area contributed by atoms with Crippen LogP contribution in [0.25, 0.3) is 0 Å². The van der Waals surface area contributed by atoms with Gasteiger partial charge in [0.05, 0.1) is 23.9 Å². The van der Waals surface area contributed by atoms with Crippen LogP contribution in [0.1, 0.15) is 121 Å². The second kappa shape index (κ2) is 17.6. The summed E-state index contributed by atoms with van der Waals surface area (Å²) in [6.45, 7) is 3.09. The molecular weight excluding hydrogens is 404 g/mol. The average Bonchev–Trinajstić information content (AvgIpc) is 3.48. The lowest BCUT2D eigenvalue weighted by Gasteiger charge is -2.12. The maximum absolute atomic E-state index is 12.3. The summed E-state index contributed by atoms with van der Waals surface area (Å²) in [4.78, 5) is 12.3. The molecule has 178 valence electrons. The number of hydrogen-bond donors (Lipinski definition) is 2. The van der Waals surface area contributed by atoms with Crippen LogP contribution < -0.4 is 10.6 Å². The minimum absolute atomic E-state index is 0.0917. The van der Waals surface area contributed by atoms with Crippen LogP contribution in [0.5, 0.6) is 0 Å². The van der Waals surface area contributed by atoms with E-state index >= 15 is 0 Å². The number of unbranched alkanes of at least 4 members (excludes halogenated alkanes) is 15. The van der Waals surface area contributed by atoms with Crippen LogP contribution in [0.3, 0.4) is 0 Å². The Labute approximate surface area is 195 Å². The Hall–Kier alpha value is -0.940. The third kappa shape index (κ3) is 12.0. The largest absolute Gasteiger partial charge is 0.472 e. The SMILES string of the molecule is CCCCCCCCCCCCCCCCCCNC(=O)[C@@H]1CSC(c2ccoc2)N1. The third-order valence-electron chi connectivity index (χ3n) is 6.27. The molecule has 2 N–H and O–H groups in total. The number of furan rings is 1. The molecule has 0 aliphatic carbocycles. The second-order valence-corrected chi connectivity index (χ2v) is 10.2. The predicted molar refractivity (Wildman–Crippen MR) is 133 cm³/mol. The molecule has 0 radical (unpaired) electrons. The lowest BCUT2D eigenvalue weighted by atomic mass is 10.0. The van der Waals surface area contributed by atoms with Gasteiger partial charge in [-0.3, -0.25) is 10.1 Å². The topological polar surface area (TPSA) is 54.3 Å². The fraction of sp³-hybridized carbons (Fsp3) is 0.808. The van der Waals surface area contributed by atoms with E-state index in [0.717, 1.165) is 24.3 Å². The molecular formula is C26H46N2O2S. The van der Waals surface area contributed by atoms with Crippen LogP contribution in [0, 0.1) is 0 Å². The zero-order valence-electron chi connectivity index (χ0n) is 19.8. The van der Waals surface area contributed by atoms with E-state index in [0.29, 0.717) is 0 Å². The van der Waals surface area contributed by atoms with Gasteiger partial charge >= 0.3 is 0 Å². The Morgan fingerprint density at radius 3 is 2.00 bits per heavy atom. The minimum atomic E-state index is -0.0917. The van der Waals surface area contributed by atoms with Gasteiger partial charge in [0.25, 0.3) is 0 Å². The fourth-order valence-electron chi connectivity index (χ4n) is 4.25. The van der Waals surface area contributed by atoms with Gasteiger partial charge in [-0.2, -0.15) is 0 Å². The van der Waals surface area contributed by atoms with Crippen molar-refractivity contribution in [2.24, 2.45) is 0 Å². The Morgan fingerprint density at radius 1 is 0.935 bits per heavy atom. The number of amides is 1. The van der Waals surface area contributed by atoms with E-state index in [1.54, 1.807) is 24.3 Å². The van der Waals surface area contributed by atoms with Gasteiger partial charge < -0.3 is 9.73 Å². The Bertz CT molecular complexity index is 550. The first kappa shape index (κ1) is 26.3. The molecule has 4 nitrogen and oxygen atoms in total. The van der Waals surface area contributed by atoms with Crippen molar-refractivity contribution in [2.45, 2.75) is 121 Å². The second-order valence-electron chi connectivity index (χ2n) is 9.08. The quantitative estimate of drug-likeness (QED) is 0.216. The number of nitrogens with one attached hydrogen (secondary N) is 2. The van der Waals surface area contributed by atoms with Gasteiger partial charge in [0.1, 0.15) is 0 Å². The van der Waals surface area contributed by atoms with E-state index in [-0.39, 0.29) is 17.3 Å². The number of rotatable bonds is 19. The van der Waals surface area contributed by atoms with Gasteiger partial charge in [0.2, 0.25) is 5.91 Å². The molecule has 1 amide bonds. The first-order chi connectivity index (χ1) is 15.3. The van der Waals surface area contributed by atoms with E-state index in [9.17, 15) is 4.79 Å². The molecule has 1 fully saturated rings. The molecule has 0 aromatic carbocycles. The molecule has 1 aliphatic heterocycles. The van der Waals surface area contributed by atoms with Crippen molar-refractivity contribution in [3.8, 4) is 0 Å². The Morgan fingerprint density at radius 2 is 1.48 bits per heavy atom. The van der Waals surface area contributed by atoms with E-state index in [2.05, 4.69) is 17.6 Å². The summed E-state index contributed by atoms with van der Waals surface area (Å²) in [5, 5.41) is 6.66. The lowest BCUT2D eigenvalue weighted by molar-refractivity contribution is -0.122. The van der Waals surface area contributed by atoms with Gasteiger partial charge in [0.15, 0.2) is 0 Å². The lowest BCUT2D eigenvalue weighted by Crippen LogP contribution is -2.42. The molecule has 0 saturated carbocycles. The van der Waals surface area contributed by atoms with E-state index in [4.69, 9.17) is 4.42 Å². The zero-order valence-corrected chi connectivity index (χ0v) is 20.7. The summed E-state index contributed by atoms with van der Waals surface area (Å²) < 4.78 is 5.14. The summed E-state index contributed by atoms with van der Waals surface area (Å²) >= 11 is 1.77. The normalized spacial score (nSPS) is 18.5. The summed E-state index contributed by atoms with van der Waals surface area (Å²) in [7, 11) is 0. The summed E-state index contributed by atoms with van der Waals surface area (Å²) in [5.41, 5.74) is 1.11. The first-order valence-corrected chi connectivity index (χ1v) is 14.0. The molecule has 31 heavy (non-hydrogen) atoms. The molecule has 1 unspecified atom stereocenters. The number of carbonyl (C=O) groups is 1. The van der Waals surface area contributed by atoms with E-state index in [1.165, 1.54) is 96.3 Å². The van der Waals surface area contributed by atoms with Crippen LogP contribution in [0.2, 0.25) is 0 Å². The van der Waals surface area contributed by atoms with Crippen molar-refractivity contribution in [1.29, 1.82) is 0 Å². The van der Waals surface area contributed by atoms with E-state index < -0.39 is 0 Å². The standard InChI is InChI=1S/C26H46N2O2S/c1-2-3-4-5-6-7-8-9-10-11-12-13-14-15-16-17-19-27-25(29)24-22-31-26(28-24)23-18-20-30-21-23/h18,20-21,24,26,28H,2-17,19,22H2,1H3,(H,27,29)/t24-,26?/m0/s1. The summed E-state index contributed by atoms with van der Waals surface area (Å²) in [6.07, 6.45) is 25.4. The van der Waals surface area contributed by atoms with Crippen LogP contribution >= 0.6 is 11.8 Å². The molecule has 2 rings (SSSR count). The van der Waals surface area contributed by atoms with Crippen molar-refractivity contribution in [3.63, 3.8) is 0 Å². The predicted octanol–water partition coefficient (Wildman–Crippen LogP) is 7.36. The maximum Gasteiger partial charge on any atom is 0.238 e. The van der Waals surface area contributed by atoms with E-state index in [1.807, 2.05) is 6.07 Å². The zero-order chi connectivity index (χ0) is 22.0. The highest BCUT2D eigenvalue weighted by Gasteiger charge is 2.30. The maximum atomic E-state index is 12.3. The molecule has 1 aromatic rings. The number of thioether (sulfide) groups is 1.